The van der Waals surface area contributed by atoms with Crippen molar-refractivity contribution < 1.29 is 4.79 Å². The van der Waals surface area contributed by atoms with Gasteiger partial charge in [-0.25, -0.2) is 0 Å². The summed E-state index contributed by atoms with van der Waals surface area (Å²) in [5.74, 6) is 0.487. The second kappa shape index (κ2) is 12.3. The number of hydrogen-bond acceptors (Lipinski definition) is 3. The number of nitrogens with zero attached hydrogens (tertiary/aromatic N) is 1. The first-order chi connectivity index (χ1) is 10.2. The van der Waals surface area contributed by atoms with E-state index in [0.29, 0.717) is 6.04 Å². The van der Waals surface area contributed by atoms with E-state index in [2.05, 4.69) is 29.5 Å². The molecule has 0 spiro atoms. The third-order valence-electron chi connectivity index (χ3n) is 5.18. The lowest BCUT2D eigenvalue weighted by Crippen LogP contribution is -2.43. The fourth-order valence-corrected chi connectivity index (χ4v) is 3.76. The lowest BCUT2D eigenvalue weighted by Gasteiger charge is -2.31. The highest BCUT2D eigenvalue weighted by Crippen LogP contribution is 2.21. The third kappa shape index (κ3) is 8.06. The second-order valence-electron chi connectivity index (χ2n) is 6.99. The summed E-state index contributed by atoms with van der Waals surface area (Å²) >= 11 is 0. The molecule has 138 valence electrons. The van der Waals surface area contributed by atoms with E-state index in [4.69, 9.17) is 0 Å². The van der Waals surface area contributed by atoms with Crippen LogP contribution in [-0.2, 0) is 4.79 Å². The molecule has 2 rings (SSSR count). The summed E-state index contributed by atoms with van der Waals surface area (Å²) in [6, 6.07) is 1.26. The Balaban J connectivity index is 0.00000242. The number of halogens is 2. The monoisotopic (exact) mass is 367 g/mol. The van der Waals surface area contributed by atoms with E-state index in [1.165, 1.54) is 32.1 Å². The van der Waals surface area contributed by atoms with E-state index in [1.807, 2.05) is 0 Å². The standard InChI is InChI=1S/C17H33N3O.2ClH/c1-14-13-15(9-11-18-14)17(21)19-10-6-12-20(2)16-7-4-3-5-8-16;;/h14-16,18H,3-13H2,1-2H3,(H,19,21);2*1H/t14-,15-;;/m0../s1. The Hall–Kier alpha value is -0.0300. The maximum absolute atomic E-state index is 12.1. The lowest BCUT2D eigenvalue weighted by molar-refractivity contribution is -0.126. The Morgan fingerprint density at radius 1 is 1.17 bits per heavy atom. The van der Waals surface area contributed by atoms with Crippen LogP contribution in [0.2, 0.25) is 0 Å². The molecular formula is C17H35Cl2N3O. The van der Waals surface area contributed by atoms with Gasteiger partial charge in [-0.1, -0.05) is 19.3 Å². The van der Waals surface area contributed by atoms with Crippen molar-refractivity contribution in [2.45, 2.75) is 70.4 Å². The summed E-state index contributed by atoms with van der Waals surface area (Å²) in [5.41, 5.74) is 0. The minimum Gasteiger partial charge on any atom is -0.356 e. The van der Waals surface area contributed by atoms with Gasteiger partial charge in [-0.2, -0.15) is 0 Å². The van der Waals surface area contributed by atoms with Crippen molar-refractivity contribution in [2.75, 3.05) is 26.7 Å². The van der Waals surface area contributed by atoms with Gasteiger partial charge in [0.1, 0.15) is 0 Å². The van der Waals surface area contributed by atoms with Crippen molar-refractivity contribution in [3.05, 3.63) is 0 Å². The number of nitrogens with one attached hydrogen (secondary N) is 2. The average molecular weight is 368 g/mol. The largest absolute Gasteiger partial charge is 0.356 e. The first-order valence-electron chi connectivity index (χ1n) is 8.88. The number of amides is 1. The van der Waals surface area contributed by atoms with E-state index in [1.54, 1.807) is 0 Å². The molecule has 0 radical (unpaired) electrons. The molecule has 23 heavy (non-hydrogen) atoms. The van der Waals surface area contributed by atoms with Crippen LogP contribution in [0.25, 0.3) is 0 Å². The summed E-state index contributed by atoms with van der Waals surface area (Å²) in [6.45, 7) is 5.07. The summed E-state index contributed by atoms with van der Waals surface area (Å²) in [6.07, 6.45) is 9.94. The molecular weight excluding hydrogens is 333 g/mol. The zero-order valence-corrected chi connectivity index (χ0v) is 16.3. The van der Waals surface area contributed by atoms with E-state index in [0.717, 1.165) is 44.9 Å². The van der Waals surface area contributed by atoms with Gasteiger partial charge < -0.3 is 15.5 Å². The maximum atomic E-state index is 12.1. The number of rotatable bonds is 6. The van der Waals surface area contributed by atoms with Crippen LogP contribution in [-0.4, -0.2) is 49.6 Å². The first kappa shape index (κ1) is 23.0. The fraction of sp³-hybridized carbons (Fsp3) is 0.941. The molecule has 0 aromatic rings. The Morgan fingerprint density at radius 3 is 2.52 bits per heavy atom. The van der Waals surface area contributed by atoms with Crippen molar-refractivity contribution in [1.82, 2.24) is 15.5 Å². The van der Waals surface area contributed by atoms with Gasteiger partial charge in [0, 0.05) is 24.5 Å². The van der Waals surface area contributed by atoms with Crippen LogP contribution in [0.15, 0.2) is 0 Å². The number of hydrogen-bond donors (Lipinski definition) is 2. The molecule has 2 fully saturated rings. The fourth-order valence-electron chi connectivity index (χ4n) is 3.76. The van der Waals surface area contributed by atoms with E-state index >= 15 is 0 Å². The van der Waals surface area contributed by atoms with Crippen molar-refractivity contribution in [2.24, 2.45) is 5.92 Å². The summed E-state index contributed by atoms with van der Waals surface area (Å²) in [7, 11) is 2.24. The highest BCUT2D eigenvalue weighted by atomic mass is 35.5. The van der Waals surface area contributed by atoms with Crippen LogP contribution >= 0.6 is 24.8 Å². The molecule has 0 unspecified atom stereocenters. The molecule has 1 aliphatic heterocycles. The Kier molecular flexibility index (Phi) is 12.3. The predicted octanol–water partition coefficient (Wildman–Crippen LogP) is 2.99. The highest BCUT2D eigenvalue weighted by molar-refractivity contribution is 5.85. The van der Waals surface area contributed by atoms with Crippen LogP contribution in [0.4, 0.5) is 0 Å². The summed E-state index contributed by atoms with van der Waals surface area (Å²) < 4.78 is 0. The molecule has 1 saturated carbocycles. The van der Waals surface area contributed by atoms with E-state index < -0.39 is 0 Å². The SMILES string of the molecule is C[C@H]1C[C@@H](C(=O)NCCCN(C)C2CCCCC2)CCN1.Cl.Cl. The van der Waals surface area contributed by atoms with Gasteiger partial charge in [-0.05, 0) is 59.2 Å². The van der Waals surface area contributed by atoms with Crippen LogP contribution in [0.1, 0.15) is 58.3 Å². The van der Waals surface area contributed by atoms with Gasteiger partial charge in [0.25, 0.3) is 0 Å². The molecule has 0 aromatic carbocycles. The molecule has 2 N–H and O–H groups in total. The molecule has 1 heterocycles. The molecule has 1 aliphatic carbocycles. The zero-order valence-electron chi connectivity index (χ0n) is 14.7. The normalized spacial score (nSPS) is 25.3. The topological polar surface area (TPSA) is 44.4 Å². The second-order valence-corrected chi connectivity index (χ2v) is 6.99. The van der Waals surface area contributed by atoms with E-state index in [9.17, 15) is 4.79 Å². The Bertz CT molecular complexity index is 325. The van der Waals surface area contributed by atoms with Crippen LogP contribution in [0.5, 0.6) is 0 Å². The Morgan fingerprint density at radius 2 is 1.87 bits per heavy atom. The quantitative estimate of drug-likeness (QED) is 0.709. The molecule has 0 bridgehead atoms. The van der Waals surface area contributed by atoms with Gasteiger partial charge in [-0.3, -0.25) is 4.79 Å². The van der Waals surface area contributed by atoms with Gasteiger partial charge in [0.05, 0.1) is 0 Å². The van der Waals surface area contributed by atoms with E-state index in [-0.39, 0.29) is 36.6 Å². The molecule has 6 heteroatoms. The van der Waals surface area contributed by atoms with Crippen molar-refractivity contribution in [3.8, 4) is 0 Å². The van der Waals surface area contributed by atoms with Crippen LogP contribution < -0.4 is 10.6 Å². The summed E-state index contributed by atoms with van der Waals surface area (Å²) in [5, 5.41) is 6.54. The number of piperidine rings is 1. The molecule has 1 saturated heterocycles. The smallest absolute Gasteiger partial charge is 0.223 e. The summed E-state index contributed by atoms with van der Waals surface area (Å²) in [4.78, 5) is 14.6. The van der Waals surface area contributed by atoms with Crippen LogP contribution in [0, 0.1) is 5.92 Å². The van der Waals surface area contributed by atoms with Gasteiger partial charge in [0.15, 0.2) is 0 Å². The molecule has 2 atom stereocenters. The van der Waals surface area contributed by atoms with Gasteiger partial charge in [-0.15, -0.1) is 24.8 Å². The minimum absolute atomic E-state index is 0. The van der Waals surface area contributed by atoms with Gasteiger partial charge >= 0.3 is 0 Å². The molecule has 1 amide bonds. The van der Waals surface area contributed by atoms with Crippen molar-refractivity contribution in [3.63, 3.8) is 0 Å². The van der Waals surface area contributed by atoms with Crippen molar-refractivity contribution in [1.29, 1.82) is 0 Å². The average Bonchev–Trinajstić information content (AvgIpc) is 2.52. The first-order valence-corrected chi connectivity index (χ1v) is 8.88. The zero-order chi connectivity index (χ0) is 15.1. The molecule has 0 aromatic heterocycles. The Labute approximate surface area is 154 Å². The minimum atomic E-state index is 0. The molecule has 4 nitrogen and oxygen atoms in total. The maximum Gasteiger partial charge on any atom is 0.223 e. The van der Waals surface area contributed by atoms with Gasteiger partial charge in [0.2, 0.25) is 5.91 Å². The third-order valence-corrected chi connectivity index (χ3v) is 5.18. The number of carbonyl (C=O) groups is 1. The lowest BCUT2D eigenvalue weighted by atomic mass is 9.92. The highest BCUT2D eigenvalue weighted by Gasteiger charge is 2.24. The van der Waals surface area contributed by atoms with Crippen LogP contribution in [0.3, 0.4) is 0 Å². The van der Waals surface area contributed by atoms with Crippen molar-refractivity contribution >= 4 is 30.7 Å². The predicted molar refractivity (Wildman–Crippen MR) is 102 cm³/mol. The number of carbonyl (C=O) groups excluding carboxylic acids is 1. The molecule has 2 aliphatic rings.